The molecule has 1 aromatic heterocycles. The van der Waals surface area contributed by atoms with E-state index in [1.807, 2.05) is 30.3 Å². The number of benzene rings is 2. The summed E-state index contributed by atoms with van der Waals surface area (Å²) in [5, 5.41) is 7.86. The number of fused-ring (bicyclic) bond motifs is 1. The van der Waals surface area contributed by atoms with Crippen molar-refractivity contribution in [3.05, 3.63) is 72.1 Å². The number of halogens is 2. The quantitative estimate of drug-likeness (QED) is 0.613. The summed E-state index contributed by atoms with van der Waals surface area (Å²) in [6.07, 6.45) is 2.37. The van der Waals surface area contributed by atoms with Gasteiger partial charge in [0.1, 0.15) is 0 Å². The Labute approximate surface area is 190 Å². The Morgan fingerprint density at radius 2 is 1.77 bits per heavy atom. The Morgan fingerprint density at radius 3 is 2.53 bits per heavy atom. The molecule has 3 heterocycles. The minimum atomic E-state index is 0. The van der Waals surface area contributed by atoms with Crippen LogP contribution in [0.3, 0.4) is 0 Å². The van der Waals surface area contributed by atoms with Crippen LogP contribution in [0.4, 0.5) is 0 Å². The molecule has 2 aliphatic heterocycles. The van der Waals surface area contributed by atoms with Crippen molar-refractivity contribution in [2.45, 2.75) is 19.4 Å². The Balaban J connectivity index is 0.00000128. The Hall–Kier alpha value is -1.92. The van der Waals surface area contributed by atoms with Gasteiger partial charge < -0.3 is 9.84 Å². The van der Waals surface area contributed by atoms with Gasteiger partial charge in [-0.05, 0) is 43.0 Å². The fourth-order valence-corrected chi connectivity index (χ4v) is 4.87. The molecule has 0 spiro atoms. The molecular formula is C23H28Cl2N4O. The van der Waals surface area contributed by atoms with E-state index >= 15 is 0 Å². The van der Waals surface area contributed by atoms with Crippen LogP contribution in [0.1, 0.15) is 17.8 Å². The van der Waals surface area contributed by atoms with Crippen molar-refractivity contribution in [2.24, 2.45) is 11.3 Å². The predicted molar refractivity (Wildman–Crippen MR) is 123 cm³/mol. The van der Waals surface area contributed by atoms with E-state index in [0.29, 0.717) is 17.2 Å². The van der Waals surface area contributed by atoms with E-state index in [1.54, 1.807) is 0 Å². The second kappa shape index (κ2) is 9.92. The van der Waals surface area contributed by atoms with Gasteiger partial charge in [-0.25, -0.2) is 0 Å². The number of hydrogen-bond acceptors (Lipinski definition) is 5. The van der Waals surface area contributed by atoms with E-state index in [2.05, 4.69) is 50.7 Å². The zero-order valence-corrected chi connectivity index (χ0v) is 18.5. The van der Waals surface area contributed by atoms with Crippen molar-refractivity contribution in [3.63, 3.8) is 0 Å². The highest BCUT2D eigenvalue weighted by molar-refractivity contribution is 5.85. The third-order valence-electron chi connectivity index (χ3n) is 6.36. The molecule has 2 saturated heterocycles. The predicted octanol–water partition coefficient (Wildman–Crippen LogP) is 4.23. The molecule has 5 nitrogen and oxygen atoms in total. The van der Waals surface area contributed by atoms with Crippen LogP contribution in [0.15, 0.2) is 65.2 Å². The number of aryl methyl sites for hydroxylation is 1. The summed E-state index contributed by atoms with van der Waals surface area (Å²) in [4.78, 5) is 7.13. The molecule has 2 aromatic carbocycles. The maximum absolute atomic E-state index is 5.49. The third-order valence-corrected chi connectivity index (χ3v) is 6.36. The second-order valence-corrected chi connectivity index (χ2v) is 8.23. The standard InChI is InChI=1S/C23H26N4O.2ClH/c1-3-7-18(8-4-1)11-12-23-16-24-13-20(23)14-27(17-23)15-21-25-22(28-26-21)19-9-5-2-6-10-19;;/h1-10,20,24H,11-17H2;2*1H. The summed E-state index contributed by atoms with van der Waals surface area (Å²) in [5.74, 6) is 2.09. The summed E-state index contributed by atoms with van der Waals surface area (Å²) in [5.41, 5.74) is 2.77. The smallest absolute Gasteiger partial charge is 0.257 e. The average molecular weight is 447 g/mol. The largest absolute Gasteiger partial charge is 0.334 e. The number of aromatic nitrogens is 2. The zero-order chi connectivity index (χ0) is 18.8. The lowest BCUT2D eigenvalue weighted by Crippen LogP contribution is -2.33. The maximum Gasteiger partial charge on any atom is 0.257 e. The SMILES string of the molecule is Cl.Cl.c1ccc(CCC23CNCC2CN(Cc2noc(-c4ccccc4)n2)C3)cc1. The minimum Gasteiger partial charge on any atom is -0.334 e. The molecule has 3 aromatic rings. The van der Waals surface area contributed by atoms with Crippen molar-refractivity contribution >= 4 is 24.8 Å². The summed E-state index contributed by atoms with van der Waals surface area (Å²) < 4.78 is 5.49. The van der Waals surface area contributed by atoms with E-state index in [-0.39, 0.29) is 24.8 Å². The number of rotatable bonds is 6. The highest BCUT2D eigenvalue weighted by Crippen LogP contribution is 2.43. The summed E-state index contributed by atoms with van der Waals surface area (Å²) >= 11 is 0. The van der Waals surface area contributed by atoms with Gasteiger partial charge >= 0.3 is 0 Å². The molecule has 30 heavy (non-hydrogen) atoms. The molecule has 0 aliphatic carbocycles. The second-order valence-electron chi connectivity index (χ2n) is 8.23. The third kappa shape index (κ3) is 4.70. The fourth-order valence-electron chi connectivity index (χ4n) is 4.87. The lowest BCUT2D eigenvalue weighted by molar-refractivity contribution is 0.233. The first-order valence-corrected chi connectivity index (χ1v) is 10.2. The molecule has 0 bridgehead atoms. The van der Waals surface area contributed by atoms with E-state index in [1.165, 1.54) is 12.0 Å². The summed E-state index contributed by atoms with van der Waals surface area (Å²) in [6.45, 7) is 5.21. The van der Waals surface area contributed by atoms with Gasteiger partial charge in [0.15, 0.2) is 5.82 Å². The first kappa shape index (κ1) is 22.8. The molecule has 0 amide bonds. The molecule has 5 rings (SSSR count). The maximum atomic E-state index is 5.49. The number of hydrogen-bond donors (Lipinski definition) is 1. The van der Waals surface area contributed by atoms with Gasteiger partial charge in [-0.2, -0.15) is 4.98 Å². The normalized spacial score (nSPS) is 22.9. The van der Waals surface area contributed by atoms with Crippen molar-refractivity contribution in [1.82, 2.24) is 20.4 Å². The highest BCUT2D eigenvalue weighted by atomic mass is 35.5. The van der Waals surface area contributed by atoms with Crippen LogP contribution >= 0.6 is 24.8 Å². The van der Waals surface area contributed by atoms with E-state index in [0.717, 1.165) is 50.5 Å². The summed E-state index contributed by atoms with van der Waals surface area (Å²) in [7, 11) is 0. The van der Waals surface area contributed by atoms with Crippen molar-refractivity contribution in [2.75, 3.05) is 26.2 Å². The van der Waals surface area contributed by atoms with Crippen LogP contribution in [0.25, 0.3) is 11.5 Å². The van der Waals surface area contributed by atoms with Crippen LogP contribution in [-0.2, 0) is 13.0 Å². The van der Waals surface area contributed by atoms with Crippen LogP contribution in [0, 0.1) is 11.3 Å². The number of nitrogens with one attached hydrogen (secondary N) is 1. The molecule has 0 saturated carbocycles. The molecule has 2 fully saturated rings. The van der Waals surface area contributed by atoms with Crippen molar-refractivity contribution in [3.8, 4) is 11.5 Å². The van der Waals surface area contributed by atoms with Gasteiger partial charge in [0.2, 0.25) is 0 Å². The molecular weight excluding hydrogens is 419 g/mol. The van der Waals surface area contributed by atoms with E-state index in [4.69, 9.17) is 4.52 Å². The van der Waals surface area contributed by atoms with E-state index < -0.39 is 0 Å². The fraction of sp³-hybridized carbons (Fsp3) is 0.391. The van der Waals surface area contributed by atoms with Gasteiger partial charge in [0.05, 0.1) is 6.54 Å². The average Bonchev–Trinajstić information content (AvgIpc) is 3.43. The Kier molecular flexibility index (Phi) is 7.53. The lowest BCUT2D eigenvalue weighted by Gasteiger charge is -2.28. The molecule has 2 atom stereocenters. The Bertz CT molecular complexity index is 921. The molecule has 1 N–H and O–H groups in total. The summed E-state index contributed by atoms with van der Waals surface area (Å²) in [6, 6.07) is 20.8. The van der Waals surface area contributed by atoms with Crippen LogP contribution in [0.2, 0.25) is 0 Å². The van der Waals surface area contributed by atoms with Gasteiger partial charge in [-0.1, -0.05) is 53.7 Å². The van der Waals surface area contributed by atoms with Crippen molar-refractivity contribution in [1.29, 1.82) is 0 Å². The first-order chi connectivity index (χ1) is 13.8. The zero-order valence-electron chi connectivity index (χ0n) is 16.9. The monoisotopic (exact) mass is 446 g/mol. The first-order valence-electron chi connectivity index (χ1n) is 10.2. The van der Waals surface area contributed by atoms with Crippen LogP contribution in [-0.4, -0.2) is 41.2 Å². The molecule has 2 aliphatic rings. The lowest BCUT2D eigenvalue weighted by atomic mass is 9.76. The Morgan fingerprint density at radius 1 is 1.03 bits per heavy atom. The highest BCUT2D eigenvalue weighted by Gasteiger charge is 2.49. The van der Waals surface area contributed by atoms with E-state index in [9.17, 15) is 0 Å². The molecule has 7 heteroatoms. The van der Waals surface area contributed by atoms with Crippen LogP contribution in [0.5, 0.6) is 0 Å². The number of likely N-dealkylation sites (tertiary alicyclic amines) is 1. The van der Waals surface area contributed by atoms with Gasteiger partial charge in [0.25, 0.3) is 5.89 Å². The van der Waals surface area contributed by atoms with Crippen molar-refractivity contribution < 1.29 is 4.52 Å². The van der Waals surface area contributed by atoms with Crippen LogP contribution < -0.4 is 5.32 Å². The topological polar surface area (TPSA) is 54.2 Å². The minimum absolute atomic E-state index is 0. The molecule has 160 valence electrons. The molecule has 0 radical (unpaired) electrons. The van der Waals surface area contributed by atoms with Gasteiger partial charge in [0, 0.05) is 30.6 Å². The number of nitrogens with zero attached hydrogens (tertiary/aromatic N) is 3. The van der Waals surface area contributed by atoms with Gasteiger partial charge in [-0.15, -0.1) is 24.8 Å². The van der Waals surface area contributed by atoms with Gasteiger partial charge in [-0.3, -0.25) is 4.90 Å². The molecule has 2 unspecified atom stereocenters.